The normalized spacial score (nSPS) is 16.4. The number of hydrogen-bond donors (Lipinski definition) is 2. The Morgan fingerprint density at radius 1 is 1.33 bits per heavy atom. The molecular weight excluding hydrogens is 497 g/mol. The van der Waals surface area contributed by atoms with Crippen LogP contribution >= 0.6 is 46.9 Å². The van der Waals surface area contributed by atoms with Crippen LogP contribution < -0.4 is 10.6 Å². The molecule has 148 valence electrons. The van der Waals surface area contributed by atoms with E-state index in [0.717, 1.165) is 44.4 Å². The van der Waals surface area contributed by atoms with Gasteiger partial charge >= 0.3 is 0 Å². The maximum Gasteiger partial charge on any atom is 0.191 e. The summed E-state index contributed by atoms with van der Waals surface area (Å²) in [6, 6.07) is 8.36. The first kappa shape index (κ1) is 22.4. The standard InChI is InChI=1S/C18H24ClN5OS.HI/c1-20-18(22-12-14-4-5-17(19)21-11-14)23-13-15(16-3-2-10-26-16)24-6-8-25-9-7-24;/h2-5,10-11,15H,6-9,12-13H2,1H3,(H2,20,22,23);1H. The molecule has 2 N–H and O–H groups in total. The predicted octanol–water partition coefficient (Wildman–Crippen LogP) is 3.15. The van der Waals surface area contributed by atoms with Crippen molar-refractivity contribution in [1.29, 1.82) is 0 Å². The number of halogens is 2. The molecule has 3 rings (SSSR count). The first-order valence-corrected chi connectivity index (χ1v) is 9.92. The fourth-order valence-corrected chi connectivity index (χ4v) is 3.86. The van der Waals surface area contributed by atoms with E-state index in [-0.39, 0.29) is 24.0 Å². The molecule has 3 heterocycles. The smallest absolute Gasteiger partial charge is 0.191 e. The number of pyridine rings is 1. The molecule has 1 atom stereocenters. The molecular formula is C18H25ClIN5OS. The SMILES string of the molecule is CN=C(NCc1ccc(Cl)nc1)NCC(c1cccs1)N1CCOCC1.I. The maximum atomic E-state index is 5.83. The van der Waals surface area contributed by atoms with Gasteiger partial charge in [-0.3, -0.25) is 9.89 Å². The summed E-state index contributed by atoms with van der Waals surface area (Å²) in [5.41, 5.74) is 1.06. The van der Waals surface area contributed by atoms with Crippen molar-refractivity contribution in [2.24, 2.45) is 4.99 Å². The average Bonchev–Trinajstić information content (AvgIpc) is 3.21. The molecule has 2 aromatic heterocycles. The summed E-state index contributed by atoms with van der Waals surface area (Å²) >= 11 is 7.62. The predicted molar refractivity (Wildman–Crippen MR) is 122 cm³/mol. The van der Waals surface area contributed by atoms with Crippen LogP contribution in [0.1, 0.15) is 16.5 Å². The summed E-state index contributed by atoms with van der Waals surface area (Å²) in [4.78, 5) is 12.3. The second-order valence-electron chi connectivity index (χ2n) is 5.98. The molecule has 1 fully saturated rings. The topological polar surface area (TPSA) is 61.8 Å². The number of nitrogens with one attached hydrogen (secondary N) is 2. The Hall–Kier alpha value is -0.940. The molecule has 1 saturated heterocycles. The van der Waals surface area contributed by atoms with E-state index in [1.165, 1.54) is 4.88 Å². The van der Waals surface area contributed by atoms with Crippen LogP contribution in [0.4, 0.5) is 0 Å². The van der Waals surface area contributed by atoms with E-state index in [2.05, 4.69) is 43.0 Å². The van der Waals surface area contributed by atoms with Crippen LogP contribution in [0.3, 0.4) is 0 Å². The van der Waals surface area contributed by atoms with Gasteiger partial charge < -0.3 is 15.4 Å². The van der Waals surface area contributed by atoms with Crippen molar-refractivity contribution in [3.63, 3.8) is 0 Å². The minimum atomic E-state index is 0. The molecule has 0 radical (unpaired) electrons. The van der Waals surface area contributed by atoms with E-state index >= 15 is 0 Å². The van der Waals surface area contributed by atoms with Gasteiger partial charge in [0.25, 0.3) is 0 Å². The molecule has 9 heteroatoms. The lowest BCUT2D eigenvalue weighted by atomic mass is 10.2. The lowest BCUT2D eigenvalue weighted by molar-refractivity contribution is 0.0177. The lowest BCUT2D eigenvalue weighted by Crippen LogP contribution is -2.46. The molecule has 0 spiro atoms. The van der Waals surface area contributed by atoms with E-state index in [0.29, 0.717) is 17.7 Å². The number of aliphatic imine (C=N–C) groups is 1. The minimum absolute atomic E-state index is 0. The molecule has 27 heavy (non-hydrogen) atoms. The number of ether oxygens (including phenoxy) is 1. The molecule has 1 aliphatic heterocycles. The maximum absolute atomic E-state index is 5.83. The van der Waals surface area contributed by atoms with Crippen molar-refractivity contribution in [2.45, 2.75) is 12.6 Å². The third-order valence-corrected chi connectivity index (χ3v) is 5.49. The quantitative estimate of drug-likeness (QED) is 0.265. The van der Waals surface area contributed by atoms with Crippen molar-refractivity contribution < 1.29 is 4.74 Å². The Morgan fingerprint density at radius 2 is 2.15 bits per heavy atom. The number of hydrogen-bond acceptors (Lipinski definition) is 5. The van der Waals surface area contributed by atoms with Crippen LogP contribution in [-0.4, -0.2) is 55.7 Å². The molecule has 0 aliphatic carbocycles. The monoisotopic (exact) mass is 521 g/mol. The van der Waals surface area contributed by atoms with Crippen molar-refractivity contribution in [2.75, 3.05) is 39.9 Å². The van der Waals surface area contributed by atoms with Crippen molar-refractivity contribution in [1.82, 2.24) is 20.5 Å². The van der Waals surface area contributed by atoms with Crippen LogP contribution in [0.2, 0.25) is 5.15 Å². The molecule has 0 bridgehead atoms. The zero-order valence-corrected chi connectivity index (χ0v) is 19.1. The highest BCUT2D eigenvalue weighted by atomic mass is 127. The summed E-state index contributed by atoms with van der Waals surface area (Å²) in [7, 11) is 1.78. The molecule has 0 aromatic carbocycles. The van der Waals surface area contributed by atoms with Gasteiger partial charge in [0.2, 0.25) is 0 Å². The third kappa shape index (κ3) is 6.86. The molecule has 0 saturated carbocycles. The largest absolute Gasteiger partial charge is 0.379 e. The van der Waals surface area contributed by atoms with Crippen LogP contribution in [-0.2, 0) is 11.3 Å². The Balaban J connectivity index is 0.00000261. The van der Waals surface area contributed by atoms with Gasteiger partial charge in [0.15, 0.2) is 5.96 Å². The van der Waals surface area contributed by atoms with E-state index < -0.39 is 0 Å². The zero-order chi connectivity index (χ0) is 18.2. The molecule has 1 aliphatic rings. The second kappa shape index (κ2) is 11.8. The number of thiophene rings is 1. The van der Waals surface area contributed by atoms with Gasteiger partial charge in [0.05, 0.1) is 19.3 Å². The Bertz CT molecular complexity index is 692. The highest BCUT2D eigenvalue weighted by Crippen LogP contribution is 2.25. The van der Waals surface area contributed by atoms with Crippen LogP contribution in [0.5, 0.6) is 0 Å². The summed E-state index contributed by atoms with van der Waals surface area (Å²) < 4.78 is 5.50. The number of rotatable bonds is 6. The fourth-order valence-electron chi connectivity index (χ4n) is 2.89. The number of aromatic nitrogens is 1. The van der Waals surface area contributed by atoms with Crippen LogP contribution in [0.15, 0.2) is 40.8 Å². The van der Waals surface area contributed by atoms with Crippen LogP contribution in [0, 0.1) is 0 Å². The van der Waals surface area contributed by atoms with Gasteiger partial charge in [-0.15, -0.1) is 35.3 Å². The van der Waals surface area contributed by atoms with E-state index in [9.17, 15) is 0 Å². The number of morpholine rings is 1. The number of nitrogens with zero attached hydrogens (tertiary/aromatic N) is 3. The first-order valence-electron chi connectivity index (χ1n) is 8.66. The highest BCUT2D eigenvalue weighted by molar-refractivity contribution is 14.0. The van der Waals surface area contributed by atoms with Crippen LogP contribution in [0.25, 0.3) is 0 Å². The molecule has 2 aromatic rings. The van der Waals surface area contributed by atoms with Gasteiger partial charge in [0.1, 0.15) is 5.15 Å². The number of guanidine groups is 1. The molecule has 6 nitrogen and oxygen atoms in total. The van der Waals surface area contributed by atoms with Crippen molar-refractivity contribution >= 4 is 52.9 Å². The van der Waals surface area contributed by atoms with Gasteiger partial charge in [0, 0.05) is 44.3 Å². The Morgan fingerprint density at radius 3 is 2.78 bits per heavy atom. The summed E-state index contributed by atoms with van der Waals surface area (Å²) in [6.45, 7) is 4.92. The van der Waals surface area contributed by atoms with Gasteiger partial charge in [-0.25, -0.2) is 4.98 Å². The summed E-state index contributed by atoms with van der Waals surface area (Å²) in [5, 5.41) is 9.41. The lowest BCUT2D eigenvalue weighted by Gasteiger charge is -2.34. The molecule has 1 unspecified atom stereocenters. The second-order valence-corrected chi connectivity index (χ2v) is 7.34. The van der Waals surface area contributed by atoms with Gasteiger partial charge in [-0.1, -0.05) is 23.7 Å². The van der Waals surface area contributed by atoms with Crippen molar-refractivity contribution in [3.05, 3.63) is 51.4 Å². The van der Waals surface area contributed by atoms with E-state index in [1.54, 1.807) is 30.6 Å². The zero-order valence-electron chi connectivity index (χ0n) is 15.2. The summed E-state index contributed by atoms with van der Waals surface area (Å²) in [6.07, 6.45) is 1.77. The van der Waals surface area contributed by atoms with Crippen molar-refractivity contribution in [3.8, 4) is 0 Å². The Kier molecular flexibility index (Phi) is 9.77. The van der Waals surface area contributed by atoms with Gasteiger partial charge in [-0.05, 0) is 23.1 Å². The van der Waals surface area contributed by atoms with E-state index in [1.807, 2.05) is 6.07 Å². The minimum Gasteiger partial charge on any atom is -0.379 e. The average molecular weight is 522 g/mol. The highest BCUT2D eigenvalue weighted by Gasteiger charge is 2.23. The first-order chi connectivity index (χ1) is 12.8. The van der Waals surface area contributed by atoms with Gasteiger partial charge in [-0.2, -0.15) is 0 Å². The summed E-state index contributed by atoms with van der Waals surface area (Å²) in [5.74, 6) is 0.773. The van der Waals surface area contributed by atoms with E-state index in [4.69, 9.17) is 16.3 Å². The molecule has 0 amide bonds. The Labute approximate surface area is 186 Å². The third-order valence-electron chi connectivity index (χ3n) is 4.29. The fraction of sp³-hybridized carbons (Fsp3) is 0.444.